The summed E-state index contributed by atoms with van der Waals surface area (Å²) in [4.78, 5) is 10.8. The van der Waals surface area contributed by atoms with Gasteiger partial charge in [-0.3, -0.25) is 9.48 Å². The quantitative estimate of drug-likeness (QED) is 0.738. The number of hydrogen-bond acceptors (Lipinski definition) is 2. The van der Waals surface area contributed by atoms with Crippen LogP contribution in [0.4, 0.5) is 0 Å². The van der Waals surface area contributed by atoms with Crippen molar-refractivity contribution >= 4 is 6.29 Å². The molecule has 2 aromatic rings. The van der Waals surface area contributed by atoms with Crippen molar-refractivity contribution < 1.29 is 4.79 Å². The number of benzene rings is 1. The van der Waals surface area contributed by atoms with Crippen LogP contribution in [0, 0.1) is 0 Å². The van der Waals surface area contributed by atoms with Crippen LogP contribution < -0.4 is 0 Å². The van der Waals surface area contributed by atoms with Gasteiger partial charge in [0, 0.05) is 18.2 Å². The standard InChI is InChI=1S/C14H14N2O/c17-10-12-9-14-13(7-4-8-16(14)15-12)11-5-2-1-3-6-11/h1-3,5-6,9-10,13H,4,7-8H2. The molecule has 0 radical (unpaired) electrons. The molecule has 0 N–H and O–H groups in total. The van der Waals surface area contributed by atoms with E-state index in [1.54, 1.807) is 0 Å². The van der Waals surface area contributed by atoms with Crippen LogP contribution in [0.5, 0.6) is 0 Å². The molecule has 1 aromatic heterocycles. The van der Waals surface area contributed by atoms with Gasteiger partial charge in [-0.05, 0) is 24.5 Å². The second-order valence-corrected chi connectivity index (χ2v) is 4.44. The van der Waals surface area contributed by atoms with Gasteiger partial charge in [0.2, 0.25) is 0 Å². The molecule has 3 nitrogen and oxygen atoms in total. The lowest BCUT2D eigenvalue weighted by Gasteiger charge is -2.23. The molecule has 2 heterocycles. The molecule has 1 aliphatic rings. The first kappa shape index (κ1) is 10.3. The molecule has 1 aromatic carbocycles. The Morgan fingerprint density at radius 1 is 1.29 bits per heavy atom. The van der Waals surface area contributed by atoms with E-state index in [4.69, 9.17) is 0 Å². The molecule has 0 bridgehead atoms. The van der Waals surface area contributed by atoms with Gasteiger partial charge in [0.15, 0.2) is 6.29 Å². The fraction of sp³-hybridized carbons (Fsp3) is 0.286. The van der Waals surface area contributed by atoms with Crippen molar-refractivity contribution in [3.63, 3.8) is 0 Å². The topological polar surface area (TPSA) is 34.9 Å². The Bertz CT molecular complexity index is 530. The van der Waals surface area contributed by atoms with E-state index >= 15 is 0 Å². The minimum absolute atomic E-state index is 0.381. The second kappa shape index (κ2) is 4.17. The van der Waals surface area contributed by atoms with Crippen LogP contribution in [0.25, 0.3) is 0 Å². The van der Waals surface area contributed by atoms with Crippen LogP contribution in [0.15, 0.2) is 36.4 Å². The molecule has 1 atom stereocenters. The van der Waals surface area contributed by atoms with Crippen LogP contribution in [-0.2, 0) is 6.54 Å². The maximum Gasteiger partial charge on any atom is 0.170 e. The van der Waals surface area contributed by atoms with Crippen molar-refractivity contribution in [2.24, 2.45) is 0 Å². The van der Waals surface area contributed by atoms with E-state index in [-0.39, 0.29) is 0 Å². The molecule has 0 saturated carbocycles. The van der Waals surface area contributed by atoms with Gasteiger partial charge in [0.25, 0.3) is 0 Å². The Morgan fingerprint density at radius 3 is 2.88 bits per heavy atom. The van der Waals surface area contributed by atoms with Crippen LogP contribution in [0.1, 0.15) is 40.5 Å². The van der Waals surface area contributed by atoms with Gasteiger partial charge in [0.1, 0.15) is 5.69 Å². The highest BCUT2D eigenvalue weighted by Crippen LogP contribution is 2.33. The van der Waals surface area contributed by atoms with Gasteiger partial charge < -0.3 is 0 Å². The van der Waals surface area contributed by atoms with Crippen LogP contribution in [0.3, 0.4) is 0 Å². The number of hydrogen-bond donors (Lipinski definition) is 0. The van der Waals surface area contributed by atoms with Gasteiger partial charge in [-0.15, -0.1) is 0 Å². The zero-order chi connectivity index (χ0) is 11.7. The Morgan fingerprint density at radius 2 is 2.12 bits per heavy atom. The zero-order valence-electron chi connectivity index (χ0n) is 9.54. The zero-order valence-corrected chi connectivity index (χ0v) is 9.54. The number of rotatable bonds is 2. The summed E-state index contributed by atoms with van der Waals surface area (Å²) in [7, 11) is 0. The third-order valence-electron chi connectivity index (χ3n) is 3.37. The van der Waals surface area contributed by atoms with Gasteiger partial charge >= 0.3 is 0 Å². The number of carbonyl (C=O) groups is 1. The summed E-state index contributed by atoms with van der Waals surface area (Å²) in [5.74, 6) is 0.381. The fourth-order valence-corrected chi connectivity index (χ4v) is 2.59. The van der Waals surface area contributed by atoms with Crippen molar-refractivity contribution in [1.82, 2.24) is 9.78 Å². The number of nitrogens with zero attached hydrogens (tertiary/aromatic N) is 2. The minimum atomic E-state index is 0.381. The van der Waals surface area contributed by atoms with Crippen molar-refractivity contribution in [2.45, 2.75) is 25.3 Å². The average molecular weight is 226 g/mol. The molecule has 3 rings (SSSR count). The smallest absolute Gasteiger partial charge is 0.170 e. The largest absolute Gasteiger partial charge is 0.296 e. The van der Waals surface area contributed by atoms with E-state index in [0.717, 1.165) is 25.7 Å². The predicted molar refractivity (Wildman–Crippen MR) is 65.1 cm³/mol. The molecule has 86 valence electrons. The predicted octanol–water partition coefficient (Wildman–Crippen LogP) is 2.62. The lowest BCUT2D eigenvalue weighted by Crippen LogP contribution is -2.16. The van der Waals surface area contributed by atoms with E-state index in [0.29, 0.717) is 11.6 Å². The van der Waals surface area contributed by atoms with Crippen molar-refractivity contribution in [3.8, 4) is 0 Å². The van der Waals surface area contributed by atoms with Gasteiger partial charge in [-0.25, -0.2) is 0 Å². The highest BCUT2D eigenvalue weighted by atomic mass is 16.1. The second-order valence-electron chi connectivity index (χ2n) is 4.44. The third-order valence-corrected chi connectivity index (χ3v) is 3.37. The Labute approximate surface area is 100 Å². The summed E-state index contributed by atoms with van der Waals surface area (Å²) in [5, 5.41) is 4.29. The Hall–Kier alpha value is -1.90. The first-order valence-electron chi connectivity index (χ1n) is 5.96. The van der Waals surface area contributed by atoms with Crippen molar-refractivity contribution in [3.05, 3.63) is 53.3 Å². The first-order valence-corrected chi connectivity index (χ1v) is 5.96. The number of carbonyl (C=O) groups excluding carboxylic acids is 1. The Balaban J connectivity index is 2.04. The molecular weight excluding hydrogens is 212 g/mol. The van der Waals surface area contributed by atoms with E-state index in [9.17, 15) is 4.79 Å². The fourth-order valence-electron chi connectivity index (χ4n) is 2.59. The number of aromatic nitrogens is 2. The molecule has 0 amide bonds. The summed E-state index contributed by atoms with van der Waals surface area (Å²) in [6.45, 7) is 0.923. The monoisotopic (exact) mass is 226 g/mol. The lowest BCUT2D eigenvalue weighted by atomic mass is 9.89. The van der Waals surface area contributed by atoms with E-state index in [1.807, 2.05) is 16.8 Å². The molecule has 0 fully saturated rings. The van der Waals surface area contributed by atoms with Crippen LogP contribution in [-0.4, -0.2) is 16.1 Å². The number of fused-ring (bicyclic) bond motifs is 1. The normalized spacial score (nSPS) is 18.7. The molecule has 1 aliphatic heterocycles. The molecular formula is C14H14N2O. The van der Waals surface area contributed by atoms with Crippen molar-refractivity contribution in [2.75, 3.05) is 0 Å². The van der Waals surface area contributed by atoms with E-state index in [1.165, 1.54) is 11.3 Å². The number of aryl methyl sites for hydroxylation is 1. The molecule has 0 saturated heterocycles. The van der Waals surface area contributed by atoms with Crippen LogP contribution in [0.2, 0.25) is 0 Å². The first-order chi connectivity index (χ1) is 8.38. The average Bonchev–Trinajstić information content (AvgIpc) is 2.82. The molecule has 3 heteroatoms. The molecule has 0 aliphatic carbocycles. The van der Waals surface area contributed by atoms with E-state index < -0.39 is 0 Å². The molecule has 1 unspecified atom stereocenters. The summed E-state index contributed by atoms with van der Waals surface area (Å²) in [6.07, 6.45) is 3.08. The minimum Gasteiger partial charge on any atom is -0.296 e. The van der Waals surface area contributed by atoms with E-state index in [2.05, 4.69) is 29.4 Å². The van der Waals surface area contributed by atoms with Crippen LogP contribution >= 0.6 is 0 Å². The Kier molecular flexibility index (Phi) is 2.52. The SMILES string of the molecule is O=Cc1cc2n(n1)CCCC2c1ccccc1. The van der Waals surface area contributed by atoms with Gasteiger partial charge in [0.05, 0.1) is 0 Å². The molecule has 17 heavy (non-hydrogen) atoms. The third kappa shape index (κ3) is 1.78. The van der Waals surface area contributed by atoms with Gasteiger partial charge in [-0.1, -0.05) is 30.3 Å². The highest BCUT2D eigenvalue weighted by Gasteiger charge is 2.23. The summed E-state index contributed by atoms with van der Waals surface area (Å²) < 4.78 is 1.98. The molecule has 0 spiro atoms. The number of aldehydes is 1. The summed E-state index contributed by atoms with van der Waals surface area (Å²) in [6, 6.07) is 12.4. The summed E-state index contributed by atoms with van der Waals surface area (Å²) >= 11 is 0. The summed E-state index contributed by atoms with van der Waals surface area (Å²) in [5.41, 5.74) is 3.03. The maximum absolute atomic E-state index is 10.8. The lowest BCUT2D eigenvalue weighted by molar-refractivity contribution is 0.111. The van der Waals surface area contributed by atoms with Gasteiger partial charge in [-0.2, -0.15) is 5.10 Å². The highest BCUT2D eigenvalue weighted by molar-refractivity contribution is 5.72. The van der Waals surface area contributed by atoms with Crippen molar-refractivity contribution in [1.29, 1.82) is 0 Å². The maximum atomic E-state index is 10.8.